The van der Waals surface area contributed by atoms with Crippen molar-refractivity contribution in [3.05, 3.63) is 58.9 Å². The molecule has 0 bridgehead atoms. The van der Waals surface area contributed by atoms with E-state index in [0.717, 1.165) is 34.7 Å². The van der Waals surface area contributed by atoms with Gasteiger partial charge in [0.05, 0.1) is 18.3 Å². The van der Waals surface area contributed by atoms with E-state index in [0.29, 0.717) is 17.8 Å². The van der Waals surface area contributed by atoms with Crippen molar-refractivity contribution in [1.82, 2.24) is 29.8 Å². The van der Waals surface area contributed by atoms with Gasteiger partial charge in [0.2, 0.25) is 0 Å². The lowest BCUT2D eigenvalue weighted by molar-refractivity contribution is 0.521. The van der Waals surface area contributed by atoms with Crippen molar-refractivity contribution < 1.29 is 0 Å². The van der Waals surface area contributed by atoms with Crippen LogP contribution in [0, 0.1) is 0 Å². The normalized spacial score (nSPS) is 11.3. The van der Waals surface area contributed by atoms with Crippen LogP contribution in [0.5, 0.6) is 0 Å². The second kappa shape index (κ2) is 7.17. The van der Waals surface area contributed by atoms with Gasteiger partial charge in [-0.3, -0.25) is 9.36 Å². The van der Waals surface area contributed by atoms with Crippen LogP contribution < -0.4 is 5.56 Å². The fourth-order valence-corrected chi connectivity index (χ4v) is 3.78. The molecule has 1 aromatic carbocycles. The van der Waals surface area contributed by atoms with Crippen LogP contribution in [-0.4, -0.2) is 29.8 Å². The van der Waals surface area contributed by atoms with Gasteiger partial charge in [-0.2, -0.15) is 0 Å². The lowest BCUT2D eigenvalue weighted by Crippen LogP contribution is -2.22. The zero-order chi connectivity index (χ0) is 17.9. The van der Waals surface area contributed by atoms with E-state index in [4.69, 9.17) is 0 Å². The molecule has 132 valence electrons. The molecule has 3 heterocycles. The quantitative estimate of drug-likeness (QED) is 0.524. The summed E-state index contributed by atoms with van der Waals surface area (Å²) in [6.45, 7) is 3.18. The van der Waals surface area contributed by atoms with Crippen molar-refractivity contribution in [2.24, 2.45) is 0 Å². The van der Waals surface area contributed by atoms with Gasteiger partial charge in [0.1, 0.15) is 4.83 Å². The standard InChI is InChI=1S/C18H18N6OS/c1-2-3-9-24-16(20-21-22-24)11-23-12-19-17-14(18(23)25)10-15(26-17)13-7-5-4-6-8-13/h4-8,10,12H,2-3,9,11H2,1H3. The number of thiophene rings is 1. The Balaban J connectivity index is 1.68. The van der Waals surface area contributed by atoms with E-state index in [1.807, 2.05) is 36.4 Å². The molecule has 0 unspecified atom stereocenters. The molecule has 0 atom stereocenters. The number of benzene rings is 1. The number of hydrogen-bond donors (Lipinski definition) is 0. The third-order valence-corrected chi connectivity index (χ3v) is 5.31. The first kappa shape index (κ1) is 16.6. The summed E-state index contributed by atoms with van der Waals surface area (Å²) in [6, 6.07) is 11.9. The van der Waals surface area contributed by atoms with Crippen LogP contribution in [-0.2, 0) is 13.1 Å². The predicted octanol–water partition coefficient (Wildman–Crippen LogP) is 2.96. The van der Waals surface area contributed by atoms with Crippen molar-refractivity contribution in [2.45, 2.75) is 32.9 Å². The molecule has 0 radical (unpaired) electrons. The second-order valence-corrected chi connectivity index (χ2v) is 7.08. The third-order valence-electron chi connectivity index (χ3n) is 4.22. The Morgan fingerprint density at radius 1 is 1.19 bits per heavy atom. The number of aromatic nitrogens is 6. The molecule has 0 amide bonds. The SMILES string of the molecule is CCCCn1nnnc1Cn1cnc2sc(-c3ccccc3)cc2c1=O. The third kappa shape index (κ3) is 3.15. The summed E-state index contributed by atoms with van der Waals surface area (Å²) in [5, 5.41) is 12.4. The summed E-state index contributed by atoms with van der Waals surface area (Å²) in [4.78, 5) is 19.1. The van der Waals surface area contributed by atoms with Crippen molar-refractivity contribution in [3.63, 3.8) is 0 Å². The van der Waals surface area contributed by atoms with Gasteiger partial charge < -0.3 is 0 Å². The first-order chi connectivity index (χ1) is 12.8. The fourth-order valence-electron chi connectivity index (χ4n) is 2.79. The average molecular weight is 366 g/mol. The molecule has 0 aliphatic carbocycles. The lowest BCUT2D eigenvalue weighted by atomic mass is 10.2. The smallest absolute Gasteiger partial charge is 0.262 e. The van der Waals surface area contributed by atoms with E-state index in [1.54, 1.807) is 15.6 Å². The Hall–Kier alpha value is -2.87. The zero-order valence-corrected chi connectivity index (χ0v) is 15.2. The fraction of sp³-hybridized carbons (Fsp3) is 0.278. The van der Waals surface area contributed by atoms with Crippen LogP contribution in [0.3, 0.4) is 0 Å². The maximum absolute atomic E-state index is 12.9. The molecule has 3 aromatic heterocycles. The molecule has 0 saturated carbocycles. The second-order valence-electron chi connectivity index (χ2n) is 6.04. The van der Waals surface area contributed by atoms with Gasteiger partial charge in [0, 0.05) is 11.4 Å². The van der Waals surface area contributed by atoms with E-state index in [9.17, 15) is 4.79 Å². The van der Waals surface area contributed by atoms with Crippen LogP contribution in [0.25, 0.3) is 20.7 Å². The summed E-state index contributed by atoms with van der Waals surface area (Å²) in [7, 11) is 0. The number of aryl methyl sites for hydroxylation is 1. The molecule has 0 fully saturated rings. The van der Waals surface area contributed by atoms with E-state index in [1.165, 1.54) is 11.3 Å². The Morgan fingerprint density at radius 3 is 2.85 bits per heavy atom. The van der Waals surface area contributed by atoms with Gasteiger partial charge in [-0.25, -0.2) is 9.67 Å². The first-order valence-corrected chi connectivity index (χ1v) is 9.37. The molecular formula is C18H18N6OS. The minimum absolute atomic E-state index is 0.0709. The van der Waals surface area contributed by atoms with Crippen molar-refractivity contribution in [3.8, 4) is 10.4 Å². The van der Waals surface area contributed by atoms with Gasteiger partial charge >= 0.3 is 0 Å². The van der Waals surface area contributed by atoms with Gasteiger partial charge in [-0.15, -0.1) is 16.4 Å². The zero-order valence-electron chi connectivity index (χ0n) is 14.4. The summed E-state index contributed by atoms with van der Waals surface area (Å²) >= 11 is 1.53. The summed E-state index contributed by atoms with van der Waals surface area (Å²) in [6.07, 6.45) is 3.63. The molecule has 7 nitrogen and oxygen atoms in total. The Kier molecular flexibility index (Phi) is 4.57. The van der Waals surface area contributed by atoms with Gasteiger partial charge in [-0.05, 0) is 28.5 Å². The van der Waals surface area contributed by atoms with Crippen molar-refractivity contribution in [2.75, 3.05) is 0 Å². The maximum Gasteiger partial charge on any atom is 0.262 e. The summed E-state index contributed by atoms with van der Waals surface area (Å²) in [5.74, 6) is 0.667. The average Bonchev–Trinajstić information content (AvgIpc) is 3.30. The Bertz CT molecular complexity index is 1080. The number of hydrogen-bond acceptors (Lipinski definition) is 6. The van der Waals surface area contributed by atoms with E-state index in [-0.39, 0.29) is 5.56 Å². The van der Waals surface area contributed by atoms with Crippen molar-refractivity contribution in [1.29, 1.82) is 0 Å². The lowest BCUT2D eigenvalue weighted by Gasteiger charge is -2.05. The molecule has 0 aliphatic heterocycles. The monoisotopic (exact) mass is 366 g/mol. The van der Waals surface area contributed by atoms with Crippen LogP contribution >= 0.6 is 11.3 Å². The van der Waals surface area contributed by atoms with E-state index < -0.39 is 0 Å². The number of fused-ring (bicyclic) bond motifs is 1. The Morgan fingerprint density at radius 2 is 2.04 bits per heavy atom. The predicted molar refractivity (Wildman–Crippen MR) is 101 cm³/mol. The Labute approximate surface area is 153 Å². The van der Waals surface area contributed by atoms with Gasteiger partial charge in [0.15, 0.2) is 5.82 Å². The highest BCUT2D eigenvalue weighted by Crippen LogP contribution is 2.30. The molecule has 8 heteroatoms. The molecule has 0 aliphatic rings. The van der Waals surface area contributed by atoms with Crippen LogP contribution in [0.1, 0.15) is 25.6 Å². The highest BCUT2D eigenvalue weighted by atomic mass is 32.1. The number of tetrazole rings is 1. The van der Waals surface area contributed by atoms with Crippen LogP contribution in [0.2, 0.25) is 0 Å². The van der Waals surface area contributed by atoms with Crippen molar-refractivity contribution >= 4 is 21.6 Å². The minimum atomic E-state index is -0.0709. The maximum atomic E-state index is 12.9. The van der Waals surface area contributed by atoms with E-state index in [2.05, 4.69) is 27.4 Å². The summed E-state index contributed by atoms with van der Waals surface area (Å²) in [5.41, 5.74) is 1.02. The summed E-state index contributed by atoms with van der Waals surface area (Å²) < 4.78 is 3.32. The number of nitrogens with zero attached hydrogens (tertiary/aromatic N) is 6. The highest BCUT2D eigenvalue weighted by Gasteiger charge is 2.13. The first-order valence-electron chi connectivity index (χ1n) is 8.55. The van der Waals surface area contributed by atoms with E-state index >= 15 is 0 Å². The van der Waals surface area contributed by atoms with Gasteiger partial charge in [-0.1, -0.05) is 43.7 Å². The topological polar surface area (TPSA) is 78.5 Å². The highest BCUT2D eigenvalue weighted by molar-refractivity contribution is 7.21. The molecule has 4 rings (SSSR count). The molecule has 0 spiro atoms. The molecule has 4 aromatic rings. The molecule has 0 saturated heterocycles. The van der Waals surface area contributed by atoms with Crippen LogP contribution in [0.15, 0.2) is 47.5 Å². The molecule has 0 N–H and O–H groups in total. The largest absolute Gasteiger partial charge is 0.291 e. The van der Waals surface area contributed by atoms with Gasteiger partial charge in [0.25, 0.3) is 5.56 Å². The number of rotatable bonds is 6. The molecule has 26 heavy (non-hydrogen) atoms. The molecular weight excluding hydrogens is 348 g/mol. The number of unbranched alkanes of at least 4 members (excludes halogenated alkanes) is 1. The minimum Gasteiger partial charge on any atom is -0.291 e. The van der Waals surface area contributed by atoms with Crippen LogP contribution in [0.4, 0.5) is 0 Å².